The van der Waals surface area contributed by atoms with Gasteiger partial charge in [-0.25, -0.2) is 9.59 Å². The smallest absolute Gasteiger partial charge is 0.415 e. The maximum Gasteiger partial charge on any atom is 0.415 e. The second-order valence-electron chi connectivity index (χ2n) is 8.98. The van der Waals surface area contributed by atoms with Crippen LogP contribution in [0.2, 0.25) is 18.1 Å². The van der Waals surface area contributed by atoms with E-state index in [-0.39, 0.29) is 5.04 Å². The number of likely N-dealkylation sites (tertiary alicyclic amines) is 1. The zero-order chi connectivity index (χ0) is 19.8. The van der Waals surface area contributed by atoms with Gasteiger partial charge >= 0.3 is 12.1 Å². The number of carbonyl (C=O) groups is 2. The second kappa shape index (κ2) is 7.11. The summed E-state index contributed by atoms with van der Waals surface area (Å²) < 4.78 is 16.7. The zero-order valence-corrected chi connectivity index (χ0v) is 18.1. The number of esters is 1. The van der Waals surface area contributed by atoms with Crippen molar-refractivity contribution in [3.05, 3.63) is 12.3 Å². The lowest BCUT2D eigenvalue weighted by Crippen LogP contribution is -2.44. The first-order valence-corrected chi connectivity index (χ1v) is 11.5. The summed E-state index contributed by atoms with van der Waals surface area (Å²) >= 11 is 0. The van der Waals surface area contributed by atoms with Crippen molar-refractivity contribution in [3.8, 4) is 0 Å². The molecule has 0 aromatic carbocycles. The molecule has 1 aliphatic rings. The maximum absolute atomic E-state index is 12.6. The second-order valence-corrected chi connectivity index (χ2v) is 13.7. The van der Waals surface area contributed by atoms with Crippen molar-refractivity contribution in [2.75, 3.05) is 7.11 Å². The fourth-order valence-electron chi connectivity index (χ4n) is 2.34. The lowest BCUT2D eigenvalue weighted by Gasteiger charge is -2.38. The largest absolute Gasteiger partial charge is 0.467 e. The van der Waals surface area contributed by atoms with E-state index in [9.17, 15) is 9.59 Å². The summed E-state index contributed by atoms with van der Waals surface area (Å²) in [6.45, 7) is 20.0. The molecule has 144 valence electrons. The lowest BCUT2D eigenvalue weighted by atomic mass is 10.2. The monoisotopic (exact) mass is 371 g/mol. The van der Waals surface area contributed by atoms with Gasteiger partial charge in [0.2, 0.25) is 0 Å². The zero-order valence-electron chi connectivity index (χ0n) is 17.1. The van der Waals surface area contributed by atoms with Crippen molar-refractivity contribution >= 4 is 20.4 Å². The lowest BCUT2D eigenvalue weighted by molar-refractivity contribution is -0.145. The van der Waals surface area contributed by atoms with Crippen LogP contribution in [0.25, 0.3) is 0 Å². The van der Waals surface area contributed by atoms with Gasteiger partial charge in [0.05, 0.1) is 13.2 Å². The van der Waals surface area contributed by atoms with E-state index < -0.39 is 38.1 Å². The molecule has 1 heterocycles. The molecule has 0 bridgehead atoms. The molecular weight excluding hydrogens is 338 g/mol. The number of methoxy groups -OCH3 is 1. The van der Waals surface area contributed by atoms with Crippen LogP contribution in [0.15, 0.2) is 12.3 Å². The molecule has 0 saturated carbocycles. The Morgan fingerprint density at radius 2 is 1.68 bits per heavy atom. The fourth-order valence-corrected chi connectivity index (χ4v) is 3.64. The van der Waals surface area contributed by atoms with Gasteiger partial charge in [-0.15, -0.1) is 0 Å². The van der Waals surface area contributed by atoms with Crippen LogP contribution in [0.1, 0.15) is 48.0 Å². The van der Waals surface area contributed by atoms with Crippen LogP contribution in [0.4, 0.5) is 4.79 Å². The third-order valence-corrected chi connectivity index (χ3v) is 9.22. The molecule has 6 nitrogen and oxygen atoms in total. The number of carbonyl (C=O) groups excluding carboxylic acids is 2. The van der Waals surface area contributed by atoms with Crippen molar-refractivity contribution in [2.45, 2.75) is 83.8 Å². The van der Waals surface area contributed by atoms with Gasteiger partial charge in [-0.2, -0.15) is 0 Å². The highest BCUT2D eigenvalue weighted by molar-refractivity contribution is 6.74. The topological polar surface area (TPSA) is 65.1 Å². The Morgan fingerprint density at radius 3 is 2.08 bits per heavy atom. The average molecular weight is 372 g/mol. The molecule has 0 N–H and O–H groups in total. The van der Waals surface area contributed by atoms with Gasteiger partial charge in [-0.3, -0.25) is 4.90 Å². The summed E-state index contributed by atoms with van der Waals surface area (Å²) in [4.78, 5) is 26.1. The average Bonchev–Trinajstić information content (AvgIpc) is 2.71. The summed E-state index contributed by atoms with van der Waals surface area (Å²) in [5, 5.41) is 0.00732. The Hall–Kier alpha value is -1.34. The number of rotatable bonds is 3. The highest BCUT2D eigenvalue weighted by Gasteiger charge is 2.49. The van der Waals surface area contributed by atoms with E-state index in [2.05, 4.69) is 40.4 Å². The number of amides is 1. The Labute approximate surface area is 152 Å². The summed E-state index contributed by atoms with van der Waals surface area (Å²) in [6, 6.07) is -0.776. The van der Waals surface area contributed by atoms with Crippen molar-refractivity contribution < 1.29 is 23.5 Å². The molecule has 1 amide bonds. The molecule has 1 aliphatic heterocycles. The Kier molecular flexibility index (Phi) is 6.17. The molecule has 2 atom stereocenters. The number of nitrogens with zero attached hydrogens (tertiary/aromatic N) is 1. The van der Waals surface area contributed by atoms with E-state index in [0.717, 1.165) is 0 Å². The predicted molar refractivity (Wildman–Crippen MR) is 99.7 cm³/mol. The van der Waals surface area contributed by atoms with Gasteiger partial charge in [0, 0.05) is 12.1 Å². The molecule has 0 aliphatic carbocycles. The van der Waals surface area contributed by atoms with Crippen molar-refractivity contribution in [3.63, 3.8) is 0 Å². The van der Waals surface area contributed by atoms with Gasteiger partial charge < -0.3 is 13.9 Å². The molecule has 1 rings (SSSR count). The van der Waals surface area contributed by atoms with Crippen LogP contribution in [-0.4, -0.2) is 50.1 Å². The standard InChI is InChI=1S/C18H33NO5Si/c1-12-14(24-25(9,10)18(5,6)7)11-13(15(20)22-8)19(12)16(21)23-17(2,3)4/h13-14H,1,11H2,2-10H3/t13-,14+/m1/s1. The highest BCUT2D eigenvalue weighted by Crippen LogP contribution is 2.41. The van der Waals surface area contributed by atoms with E-state index in [4.69, 9.17) is 13.9 Å². The van der Waals surface area contributed by atoms with Gasteiger partial charge in [0.25, 0.3) is 0 Å². The van der Waals surface area contributed by atoms with E-state index in [0.29, 0.717) is 12.1 Å². The predicted octanol–water partition coefficient (Wildman–Crippen LogP) is 4.07. The third-order valence-electron chi connectivity index (χ3n) is 4.74. The molecule has 0 aromatic heterocycles. The number of ether oxygens (including phenoxy) is 2. The molecular formula is C18H33NO5Si. The summed E-state index contributed by atoms with van der Waals surface area (Å²) in [5.41, 5.74) is -0.217. The van der Waals surface area contributed by atoms with E-state index in [1.54, 1.807) is 20.8 Å². The fraction of sp³-hybridized carbons (Fsp3) is 0.778. The minimum Gasteiger partial charge on any atom is -0.467 e. The van der Waals surface area contributed by atoms with E-state index >= 15 is 0 Å². The minimum absolute atomic E-state index is 0.00732. The first-order valence-electron chi connectivity index (χ1n) is 8.57. The van der Waals surface area contributed by atoms with Crippen molar-refractivity contribution in [1.29, 1.82) is 0 Å². The molecule has 25 heavy (non-hydrogen) atoms. The van der Waals surface area contributed by atoms with Gasteiger partial charge in [-0.05, 0) is 38.9 Å². The molecule has 0 spiro atoms. The highest BCUT2D eigenvalue weighted by atomic mass is 28.4. The van der Waals surface area contributed by atoms with Crippen LogP contribution in [-0.2, 0) is 18.7 Å². The maximum atomic E-state index is 12.6. The van der Waals surface area contributed by atoms with Crippen LogP contribution in [0.3, 0.4) is 0 Å². The summed E-state index contributed by atoms with van der Waals surface area (Å²) in [7, 11) is -0.783. The number of hydrogen-bond donors (Lipinski definition) is 0. The first kappa shape index (κ1) is 21.7. The number of hydrogen-bond acceptors (Lipinski definition) is 5. The van der Waals surface area contributed by atoms with Crippen molar-refractivity contribution in [1.82, 2.24) is 4.90 Å². The van der Waals surface area contributed by atoms with Crippen LogP contribution >= 0.6 is 0 Å². The minimum atomic E-state index is -2.09. The van der Waals surface area contributed by atoms with Gasteiger partial charge in [-0.1, -0.05) is 27.4 Å². The molecule has 1 fully saturated rings. The Morgan fingerprint density at radius 1 is 1.16 bits per heavy atom. The Bertz CT molecular complexity index is 545. The van der Waals surface area contributed by atoms with Crippen molar-refractivity contribution in [2.24, 2.45) is 0 Å². The molecule has 0 radical (unpaired) electrons. The quantitative estimate of drug-likeness (QED) is 0.552. The normalized spacial score (nSPS) is 22.1. The van der Waals surface area contributed by atoms with E-state index in [1.807, 2.05) is 0 Å². The Balaban J connectivity index is 3.09. The van der Waals surface area contributed by atoms with Gasteiger partial charge in [0.15, 0.2) is 8.32 Å². The molecule has 0 unspecified atom stereocenters. The summed E-state index contributed by atoms with van der Waals surface area (Å²) in [6.07, 6.45) is -0.677. The summed E-state index contributed by atoms with van der Waals surface area (Å²) in [5.74, 6) is -0.492. The van der Waals surface area contributed by atoms with Crippen LogP contribution < -0.4 is 0 Å². The molecule has 7 heteroatoms. The first-order chi connectivity index (χ1) is 11.1. The van der Waals surface area contributed by atoms with E-state index in [1.165, 1.54) is 12.0 Å². The van der Waals surface area contributed by atoms with Crippen LogP contribution in [0.5, 0.6) is 0 Å². The molecule has 0 aromatic rings. The third kappa shape index (κ3) is 5.07. The van der Waals surface area contributed by atoms with Crippen LogP contribution in [0, 0.1) is 0 Å². The molecule has 1 saturated heterocycles. The van der Waals surface area contributed by atoms with Gasteiger partial charge in [0.1, 0.15) is 11.6 Å². The SMILES string of the molecule is C=C1[C@@H](O[Si](C)(C)C(C)(C)C)C[C@H](C(=O)OC)N1C(=O)OC(C)(C)C.